The van der Waals surface area contributed by atoms with Crippen LogP contribution in [0.1, 0.15) is 18.9 Å². The maximum absolute atomic E-state index is 14.5. The Kier molecular flexibility index (Phi) is 7.08. The fraction of sp³-hybridized carbons (Fsp3) is 0.214. The molecule has 10 nitrogen and oxygen atoms in total. The largest absolute Gasteiger partial charge is 0.456 e. The van der Waals surface area contributed by atoms with Gasteiger partial charge < -0.3 is 14.4 Å². The summed E-state index contributed by atoms with van der Waals surface area (Å²) in [6.07, 6.45) is -0.877. The fourth-order valence-electron chi connectivity index (χ4n) is 4.89. The lowest BCUT2D eigenvalue weighted by Crippen LogP contribution is -2.61. The third kappa shape index (κ3) is 4.84. The van der Waals surface area contributed by atoms with E-state index in [2.05, 4.69) is 0 Å². The van der Waals surface area contributed by atoms with Crippen molar-refractivity contribution >= 4 is 35.5 Å². The first kappa shape index (κ1) is 26.3. The number of benzene rings is 3. The van der Waals surface area contributed by atoms with Crippen molar-refractivity contribution < 1.29 is 33.4 Å². The molecule has 1 N–H and O–H groups in total. The lowest BCUT2D eigenvalue weighted by atomic mass is 9.83. The van der Waals surface area contributed by atoms with Crippen LogP contribution in [0.2, 0.25) is 0 Å². The molecule has 2 aliphatic heterocycles. The Labute approximate surface area is 224 Å². The predicted molar refractivity (Wildman–Crippen MR) is 141 cm³/mol. The highest BCUT2D eigenvalue weighted by molar-refractivity contribution is 7.74. The van der Waals surface area contributed by atoms with E-state index >= 15 is 0 Å². The highest BCUT2D eigenvalue weighted by Crippen LogP contribution is 2.53. The van der Waals surface area contributed by atoms with Crippen molar-refractivity contribution in [1.82, 2.24) is 4.90 Å². The zero-order valence-corrected chi connectivity index (χ0v) is 21.8. The number of hydrogen-bond donors (Lipinski definition) is 1. The third-order valence-electron chi connectivity index (χ3n) is 6.83. The van der Waals surface area contributed by atoms with Gasteiger partial charge in [0, 0.05) is 18.6 Å². The molecule has 3 aromatic rings. The lowest BCUT2D eigenvalue weighted by Gasteiger charge is -2.44. The highest BCUT2D eigenvalue weighted by atomic mass is 31.2. The van der Waals surface area contributed by atoms with Crippen LogP contribution >= 0.6 is 7.37 Å². The molecule has 0 aromatic heterocycles. The Bertz CT molecular complexity index is 1450. The zero-order chi connectivity index (χ0) is 27.7. The average molecular weight is 548 g/mol. The molecule has 0 unspecified atom stereocenters. The Balaban J connectivity index is 1.49. The van der Waals surface area contributed by atoms with E-state index in [0.29, 0.717) is 16.2 Å². The average Bonchev–Trinajstić information content (AvgIpc) is 3.26. The van der Waals surface area contributed by atoms with E-state index in [1.165, 1.54) is 36.1 Å². The summed E-state index contributed by atoms with van der Waals surface area (Å²) in [5, 5.41) is 21.9. The first-order valence-electron chi connectivity index (χ1n) is 12.3. The molecular formula is C28H25N2O8P. The molecule has 0 radical (unpaired) electrons. The number of carbonyl (C=O) groups excluding carboxylic acids is 2. The number of amides is 1. The van der Waals surface area contributed by atoms with Crippen LogP contribution in [0.25, 0.3) is 0 Å². The summed E-state index contributed by atoms with van der Waals surface area (Å²) in [4.78, 5) is 37.9. The van der Waals surface area contributed by atoms with Crippen molar-refractivity contribution in [2.24, 2.45) is 5.92 Å². The molecule has 2 heterocycles. The van der Waals surface area contributed by atoms with Gasteiger partial charge in [-0.15, -0.1) is 0 Å². The monoisotopic (exact) mass is 548 g/mol. The second kappa shape index (κ2) is 10.5. The lowest BCUT2D eigenvalue weighted by molar-refractivity contribution is -0.384. The van der Waals surface area contributed by atoms with E-state index in [-0.39, 0.29) is 30.2 Å². The van der Waals surface area contributed by atoms with Gasteiger partial charge in [0.25, 0.3) is 5.69 Å². The number of β-lactam (4-membered cyclic amide) rings is 1. The van der Waals surface area contributed by atoms with Crippen LogP contribution in [0, 0.1) is 16.0 Å². The first-order valence-corrected chi connectivity index (χ1v) is 13.9. The summed E-state index contributed by atoms with van der Waals surface area (Å²) in [5.74, 6) is -2.02. The Hall–Kier alpha value is -4.27. The molecule has 0 saturated carbocycles. The predicted octanol–water partition coefficient (Wildman–Crippen LogP) is 3.41. The van der Waals surface area contributed by atoms with Crippen molar-refractivity contribution in [3.05, 3.63) is 112 Å². The van der Waals surface area contributed by atoms with E-state index in [9.17, 15) is 29.4 Å². The molecule has 11 heteroatoms. The first-order chi connectivity index (χ1) is 18.7. The number of fused-ring (bicyclic) bond motifs is 1. The maximum Gasteiger partial charge on any atom is 0.358 e. The second-order valence-corrected chi connectivity index (χ2v) is 11.6. The van der Waals surface area contributed by atoms with Crippen LogP contribution in [-0.2, 0) is 30.0 Å². The number of nitro groups is 1. The molecule has 0 spiro atoms. The van der Waals surface area contributed by atoms with E-state index in [4.69, 9.17) is 9.26 Å². The molecule has 1 fully saturated rings. The zero-order valence-electron chi connectivity index (χ0n) is 20.9. The van der Waals surface area contributed by atoms with Gasteiger partial charge in [0.2, 0.25) is 5.91 Å². The molecule has 2 aliphatic rings. The molecular weight excluding hydrogens is 523 g/mol. The molecule has 0 aliphatic carbocycles. The van der Waals surface area contributed by atoms with Gasteiger partial charge in [-0.05, 0) is 48.9 Å². The number of esters is 1. The van der Waals surface area contributed by atoms with Crippen molar-refractivity contribution in [3.8, 4) is 0 Å². The molecule has 1 saturated heterocycles. The Morgan fingerprint density at radius 2 is 1.62 bits per heavy atom. The number of aliphatic hydroxyl groups is 1. The fourth-order valence-corrected chi connectivity index (χ4v) is 7.00. The van der Waals surface area contributed by atoms with Crippen LogP contribution in [0.3, 0.4) is 0 Å². The summed E-state index contributed by atoms with van der Waals surface area (Å²) in [7, 11) is -3.76. The van der Waals surface area contributed by atoms with Gasteiger partial charge in [0.05, 0.1) is 33.6 Å². The Morgan fingerprint density at radius 1 is 1.05 bits per heavy atom. The van der Waals surface area contributed by atoms with Gasteiger partial charge in [-0.1, -0.05) is 36.4 Å². The topological polar surface area (TPSA) is 136 Å². The van der Waals surface area contributed by atoms with Crippen molar-refractivity contribution in [2.45, 2.75) is 32.1 Å². The van der Waals surface area contributed by atoms with Gasteiger partial charge in [0.15, 0.2) is 5.70 Å². The molecule has 39 heavy (non-hydrogen) atoms. The summed E-state index contributed by atoms with van der Waals surface area (Å²) in [6.45, 7) is 1.29. The van der Waals surface area contributed by atoms with Crippen LogP contribution in [0.15, 0.2) is 96.4 Å². The number of hydrogen-bond acceptors (Lipinski definition) is 8. The Morgan fingerprint density at radius 3 is 2.13 bits per heavy atom. The van der Waals surface area contributed by atoms with Gasteiger partial charge >= 0.3 is 13.3 Å². The van der Waals surface area contributed by atoms with Gasteiger partial charge in [0.1, 0.15) is 12.4 Å². The number of carbonyl (C=O) groups is 2. The van der Waals surface area contributed by atoms with Crippen molar-refractivity contribution in [3.63, 3.8) is 0 Å². The summed E-state index contributed by atoms with van der Waals surface area (Å²) < 4.78 is 26.2. The molecule has 3 aromatic carbocycles. The second-order valence-electron chi connectivity index (χ2n) is 9.33. The van der Waals surface area contributed by atoms with Crippen molar-refractivity contribution in [2.75, 3.05) is 0 Å². The summed E-state index contributed by atoms with van der Waals surface area (Å²) in [6, 6.07) is 22.2. The maximum atomic E-state index is 14.5. The van der Waals surface area contributed by atoms with Crippen LogP contribution in [0.5, 0.6) is 0 Å². The van der Waals surface area contributed by atoms with Gasteiger partial charge in [-0.3, -0.25) is 24.4 Å². The van der Waals surface area contributed by atoms with Crippen LogP contribution in [0.4, 0.5) is 5.69 Å². The number of ether oxygens (including phenoxy) is 1. The number of aliphatic hydroxyl groups excluding tert-OH is 1. The third-order valence-corrected chi connectivity index (χ3v) is 9.26. The van der Waals surface area contributed by atoms with Crippen molar-refractivity contribution in [1.29, 1.82) is 0 Å². The molecule has 5 rings (SSSR count). The van der Waals surface area contributed by atoms with E-state index in [1.54, 1.807) is 60.7 Å². The minimum atomic E-state index is -3.76. The quantitative estimate of drug-likeness (QED) is 0.141. The van der Waals surface area contributed by atoms with Crippen LogP contribution < -0.4 is 10.6 Å². The molecule has 0 bridgehead atoms. The smallest absolute Gasteiger partial charge is 0.358 e. The summed E-state index contributed by atoms with van der Waals surface area (Å²) >= 11 is 0. The molecule has 1 amide bonds. The minimum absolute atomic E-state index is 0.0428. The van der Waals surface area contributed by atoms with E-state index < -0.39 is 42.2 Å². The standard InChI is InChI=1S/C28H25N2O8P/c1-18(31)25-23-16-24(38-39(36,21-8-4-2-5-9-21)22-10-6-3-7-11-22)26(29(23)27(25)32)28(33)37-17-19-12-14-20(15-13-19)30(34)35/h2-15,18,23,25,31H,16-17H2,1H3/t18-,23-,25-/m1/s1. The van der Waals surface area contributed by atoms with Crippen LogP contribution in [-0.4, -0.2) is 39.0 Å². The SMILES string of the molecule is C[C@@H](O)[C@H]1C(=O)N2C(C(=O)OCc3ccc([N+](=O)[O-])cc3)=C(OP(=O)(c3ccccc3)c3ccccc3)C[C@H]12. The highest BCUT2D eigenvalue weighted by Gasteiger charge is 2.58. The molecule has 3 atom stereocenters. The normalized spacial score (nSPS) is 19.2. The molecule has 200 valence electrons. The number of nitrogens with zero attached hydrogens (tertiary/aromatic N) is 2. The van der Waals surface area contributed by atoms with E-state index in [1.807, 2.05) is 0 Å². The van der Waals surface area contributed by atoms with Gasteiger partial charge in [-0.25, -0.2) is 4.79 Å². The number of non-ortho nitro benzene ring substituents is 1. The summed E-state index contributed by atoms with van der Waals surface area (Å²) in [5.41, 5.74) is 0.244. The van der Waals surface area contributed by atoms with Gasteiger partial charge in [-0.2, -0.15) is 0 Å². The number of nitro benzene ring substituents is 1. The minimum Gasteiger partial charge on any atom is -0.456 e. The van der Waals surface area contributed by atoms with E-state index in [0.717, 1.165) is 0 Å². The number of rotatable bonds is 9.